The summed E-state index contributed by atoms with van der Waals surface area (Å²) in [5, 5.41) is 0. The Hall–Kier alpha value is -3.01. The third-order valence-electron chi connectivity index (χ3n) is 4.24. The van der Waals surface area contributed by atoms with Crippen molar-refractivity contribution in [3.8, 4) is 5.75 Å². The molecule has 0 fully saturated rings. The van der Waals surface area contributed by atoms with Crippen molar-refractivity contribution in [3.63, 3.8) is 0 Å². The molecule has 0 aliphatic rings. The number of methoxy groups -OCH3 is 1. The minimum absolute atomic E-state index is 0.00714. The van der Waals surface area contributed by atoms with E-state index in [1.54, 1.807) is 7.11 Å². The van der Waals surface area contributed by atoms with E-state index in [2.05, 4.69) is 0 Å². The average molecular weight is 334 g/mol. The summed E-state index contributed by atoms with van der Waals surface area (Å²) in [6.07, 6.45) is 1.99. The van der Waals surface area contributed by atoms with Crippen molar-refractivity contribution in [1.29, 1.82) is 0 Å². The first-order valence-electron chi connectivity index (χ1n) is 8.25. The van der Waals surface area contributed by atoms with Crippen LogP contribution < -0.4 is 4.74 Å². The second-order valence-electron chi connectivity index (χ2n) is 5.99. The molecule has 0 saturated heterocycles. The molecule has 0 aliphatic carbocycles. The molecule has 3 aromatic rings. The van der Waals surface area contributed by atoms with E-state index in [1.165, 1.54) is 0 Å². The van der Waals surface area contributed by atoms with E-state index in [-0.39, 0.29) is 5.91 Å². The molecule has 0 bridgehead atoms. The van der Waals surface area contributed by atoms with Crippen molar-refractivity contribution in [2.75, 3.05) is 7.11 Å². The summed E-state index contributed by atoms with van der Waals surface area (Å²) in [7, 11) is 3.61. The first kappa shape index (κ1) is 16.8. The molecule has 4 heteroatoms. The van der Waals surface area contributed by atoms with Crippen LogP contribution in [0.2, 0.25) is 0 Å². The highest BCUT2D eigenvalue weighted by atomic mass is 16.5. The van der Waals surface area contributed by atoms with Crippen molar-refractivity contribution < 1.29 is 9.53 Å². The topological polar surface area (TPSA) is 34.5 Å². The Kier molecular flexibility index (Phi) is 5.19. The maximum Gasteiger partial charge on any atom is 0.254 e. The standard InChI is InChI=1S/C21H22N2O2/c1-22-14-6-9-19(22)16-23(15-17-7-4-3-5-8-17)21(24)18-10-12-20(25-2)13-11-18/h3-14H,15-16H2,1-2H3. The van der Waals surface area contributed by atoms with Crippen LogP contribution in [0, 0.1) is 0 Å². The number of hydrogen-bond acceptors (Lipinski definition) is 2. The summed E-state index contributed by atoms with van der Waals surface area (Å²) in [6, 6.07) is 21.3. The van der Waals surface area contributed by atoms with Gasteiger partial charge in [-0.05, 0) is 42.0 Å². The van der Waals surface area contributed by atoms with E-state index in [0.717, 1.165) is 17.0 Å². The summed E-state index contributed by atoms with van der Waals surface area (Å²) in [4.78, 5) is 14.9. The Balaban J connectivity index is 1.86. The van der Waals surface area contributed by atoms with Crippen LogP contribution in [0.5, 0.6) is 5.75 Å². The molecule has 1 aromatic heterocycles. The van der Waals surface area contributed by atoms with Gasteiger partial charge in [-0.15, -0.1) is 0 Å². The van der Waals surface area contributed by atoms with Gasteiger partial charge in [-0.25, -0.2) is 0 Å². The van der Waals surface area contributed by atoms with E-state index in [1.807, 2.05) is 89.4 Å². The number of rotatable bonds is 6. The monoisotopic (exact) mass is 334 g/mol. The fourth-order valence-corrected chi connectivity index (χ4v) is 2.78. The highest BCUT2D eigenvalue weighted by molar-refractivity contribution is 5.94. The number of amides is 1. The summed E-state index contributed by atoms with van der Waals surface area (Å²) in [6.45, 7) is 1.13. The van der Waals surface area contributed by atoms with Crippen LogP contribution in [0.3, 0.4) is 0 Å². The van der Waals surface area contributed by atoms with Gasteiger partial charge in [0.05, 0.1) is 13.7 Å². The number of aromatic nitrogens is 1. The smallest absolute Gasteiger partial charge is 0.254 e. The van der Waals surface area contributed by atoms with Crippen LogP contribution >= 0.6 is 0 Å². The van der Waals surface area contributed by atoms with Crippen LogP contribution in [-0.4, -0.2) is 22.5 Å². The number of hydrogen-bond donors (Lipinski definition) is 0. The van der Waals surface area contributed by atoms with Crippen LogP contribution in [0.1, 0.15) is 21.6 Å². The third-order valence-corrected chi connectivity index (χ3v) is 4.24. The van der Waals surface area contributed by atoms with Gasteiger partial charge in [0.1, 0.15) is 5.75 Å². The van der Waals surface area contributed by atoms with Crippen molar-refractivity contribution in [2.45, 2.75) is 13.1 Å². The first-order chi connectivity index (χ1) is 12.2. The van der Waals surface area contributed by atoms with Gasteiger partial charge in [0, 0.05) is 31.0 Å². The second kappa shape index (κ2) is 7.71. The van der Waals surface area contributed by atoms with Crippen molar-refractivity contribution in [1.82, 2.24) is 9.47 Å². The van der Waals surface area contributed by atoms with Crippen molar-refractivity contribution >= 4 is 5.91 Å². The second-order valence-corrected chi connectivity index (χ2v) is 5.99. The number of aryl methyl sites for hydroxylation is 1. The molecule has 0 unspecified atom stereocenters. The van der Waals surface area contributed by atoms with Gasteiger partial charge >= 0.3 is 0 Å². The molecule has 0 saturated carbocycles. The Morgan fingerprint density at radius 1 is 0.960 bits per heavy atom. The maximum absolute atomic E-state index is 13.1. The summed E-state index contributed by atoms with van der Waals surface area (Å²) >= 11 is 0. The van der Waals surface area contributed by atoms with Crippen LogP contribution in [0.25, 0.3) is 0 Å². The molecule has 1 heterocycles. The predicted octanol–water partition coefficient (Wildman–Crippen LogP) is 3.88. The number of carbonyl (C=O) groups is 1. The zero-order valence-electron chi connectivity index (χ0n) is 14.6. The van der Waals surface area contributed by atoms with Gasteiger partial charge < -0.3 is 14.2 Å². The molecule has 128 valence electrons. The van der Waals surface area contributed by atoms with E-state index in [4.69, 9.17) is 4.74 Å². The molecular weight excluding hydrogens is 312 g/mol. The van der Waals surface area contributed by atoms with Gasteiger partial charge in [-0.1, -0.05) is 30.3 Å². The number of benzene rings is 2. The molecule has 0 radical (unpaired) electrons. The van der Waals surface area contributed by atoms with Crippen LogP contribution in [-0.2, 0) is 20.1 Å². The molecule has 0 spiro atoms. The maximum atomic E-state index is 13.1. The third kappa shape index (κ3) is 4.10. The highest BCUT2D eigenvalue weighted by Crippen LogP contribution is 2.17. The SMILES string of the molecule is COc1ccc(C(=O)N(Cc2ccccc2)Cc2cccn2C)cc1. The summed E-state index contributed by atoms with van der Waals surface area (Å²) in [5.74, 6) is 0.751. The minimum Gasteiger partial charge on any atom is -0.497 e. The average Bonchev–Trinajstić information content (AvgIpc) is 3.06. The normalized spacial score (nSPS) is 10.5. The molecule has 4 nitrogen and oxygen atoms in total. The lowest BCUT2D eigenvalue weighted by atomic mass is 10.1. The fourth-order valence-electron chi connectivity index (χ4n) is 2.78. The first-order valence-corrected chi connectivity index (χ1v) is 8.25. The van der Waals surface area contributed by atoms with Crippen molar-refractivity contribution in [3.05, 3.63) is 89.7 Å². The molecule has 0 aliphatic heterocycles. The molecule has 3 rings (SSSR count). The Morgan fingerprint density at radius 2 is 1.68 bits per heavy atom. The van der Waals surface area contributed by atoms with Crippen LogP contribution in [0.15, 0.2) is 72.9 Å². The largest absolute Gasteiger partial charge is 0.497 e. The minimum atomic E-state index is 0.00714. The summed E-state index contributed by atoms with van der Waals surface area (Å²) < 4.78 is 7.22. The van der Waals surface area contributed by atoms with Gasteiger partial charge in [-0.2, -0.15) is 0 Å². The quantitative estimate of drug-likeness (QED) is 0.686. The summed E-state index contributed by atoms with van der Waals surface area (Å²) in [5.41, 5.74) is 2.86. The highest BCUT2D eigenvalue weighted by Gasteiger charge is 2.17. The van der Waals surface area contributed by atoms with Gasteiger partial charge in [0.15, 0.2) is 0 Å². The lowest BCUT2D eigenvalue weighted by Gasteiger charge is -2.23. The zero-order chi connectivity index (χ0) is 17.6. The Morgan fingerprint density at radius 3 is 2.28 bits per heavy atom. The molecule has 1 amide bonds. The molecule has 0 N–H and O–H groups in total. The fraction of sp³-hybridized carbons (Fsp3) is 0.190. The van der Waals surface area contributed by atoms with E-state index in [9.17, 15) is 4.79 Å². The molecular formula is C21H22N2O2. The predicted molar refractivity (Wildman–Crippen MR) is 98.4 cm³/mol. The Bertz CT molecular complexity index is 823. The lowest BCUT2D eigenvalue weighted by molar-refractivity contribution is 0.0726. The lowest BCUT2D eigenvalue weighted by Crippen LogP contribution is -2.30. The van der Waals surface area contributed by atoms with E-state index < -0.39 is 0 Å². The number of carbonyl (C=O) groups excluding carboxylic acids is 1. The van der Waals surface area contributed by atoms with E-state index in [0.29, 0.717) is 18.7 Å². The Labute approximate surface area is 148 Å². The van der Waals surface area contributed by atoms with Gasteiger partial charge in [0.25, 0.3) is 5.91 Å². The van der Waals surface area contributed by atoms with Gasteiger partial charge in [0.2, 0.25) is 0 Å². The molecule has 0 atom stereocenters. The number of nitrogens with zero attached hydrogens (tertiary/aromatic N) is 2. The molecule has 25 heavy (non-hydrogen) atoms. The van der Waals surface area contributed by atoms with Gasteiger partial charge in [-0.3, -0.25) is 4.79 Å². The zero-order valence-corrected chi connectivity index (χ0v) is 14.6. The number of ether oxygens (including phenoxy) is 1. The van der Waals surface area contributed by atoms with E-state index >= 15 is 0 Å². The van der Waals surface area contributed by atoms with Crippen LogP contribution in [0.4, 0.5) is 0 Å². The van der Waals surface area contributed by atoms with Crippen molar-refractivity contribution in [2.24, 2.45) is 7.05 Å². The molecule has 2 aromatic carbocycles.